The number of hydrogen-bond acceptors (Lipinski definition) is 3. The minimum atomic E-state index is -1.26. The Kier molecular flexibility index (Phi) is 7.14. The van der Waals surface area contributed by atoms with Crippen molar-refractivity contribution in [3.05, 3.63) is 96.6 Å². The summed E-state index contributed by atoms with van der Waals surface area (Å²) in [5, 5.41) is 9.40. The van der Waals surface area contributed by atoms with Crippen molar-refractivity contribution in [1.82, 2.24) is 0 Å². The molecule has 0 aliphatic rings. The van der Waals surface area contributed by atoms with Crippen molar-refractivity contribution >= 4 is 5.97 Å². The molecule has 0 fully saturated rings. The molecule has 0 bridgehead atoms. The Balaban J connectivity index is 1.79. The predicted molar refractivity (Wildman–Crippen MR) is 123 cm³/mol. The van der Waals surface area contributed by atoms with E-state index in [1.54, 1.807) is 38.1 Å². The van der Waals surface area contributed by atoms with Gasteiger partial charge in [0, 0.05) is 0 Å². The molecule has 0 amide bonds. The fraction of sp³-hybridized carbons (Fsp3) is 0.222. The molecule has 3 rings (SSSR count). The lowest BCUT2D eigenvalue weighted by Gasteiger charge is -2.25. The third kappa shape index (κ3) is 5.54. The van der Waals surface area contributed by atoms with Crippen molar-refractivity contribution in [2.45, 2.75) is 38.9 Å². The van der Waals surface area contributed by atoms with Crippen molar-refractivity contribution in [2.75, 3.05) is 0 Å². The molecular weight excluding hydrogens is 388 g/mol. The Morgan fingerprint density at radius 3 is 2.23 bits per heavy atom. The van der Waals surface area contributed by atoms with Gasteiger partial charge in [-0.15, -0.1) is 0 Å². The number of rotatable bonds is 9. The Hall–Kier alpha value is -3.53. The van der Waals surface area contributed by atoms with Gasteiger partial charge in [0.1, 0.15) is 17.6 Å². The molecular formula is C27H28O4. The Bertz CT molecular complexity index is 1020. The Labute approximate surface area is 183 Å². The third-order valence-corrected chi connectivity index (χ3v) is 5.25. The Morgan fingerprint density at radius 2 is 1.61 bits per heavy atom. The van der Waals surface area contributed by atoms with Crippen LogP contribution >= 0.6 is 0 Å². The number of benzene rings is 3. The summed E-state index contributed by atoms with van der Waals surface area (Å²) in [4.78, 5) is 11.5. The normalized spacial score (nSPS) is 14.0. The molecule has 0 spiro atoms. The maximum atomic E-state index is 11.5. The van der Waals surface area contributed by atoms with Crippen LogP contribution in [0.1, 0.15) is 38.9 Å². The van der Waals surface area contributed by atoms with E-state index in [0.717, 1.165) is 16.7 Å². The number of aliphatic carboxylic acids is 1. The monoisotopic (exact) mass is 416 g/mol. The molecule has 0 aliphatic carbocycles. The third-order valence-electron chi connectivity index (χ3n) is 5.25. The van der Waals surface area contributed by atoms with E-state index in [1.165, 1.54) is 0 Å². The van der Waals surface area contributed by atoms with E-state index >= 15 is 0 Å². The topological polar surface area (TPSA) is 55.8 Å². The second-order valence-electron chi connectivity index (χ2n) is 7.52. The molecule has 31 heavy (non-hydrogen) atoms. The first-order valence-corrected chi connectivity index (χ1v) is 10.4. The fourth-order valence-electron chi connectivity index (χ4n) is 3.18. The standard InChI is InChI=1S/C27H28O4/c1-4-10-25(22-14-9-13-21(19-22)20-11-7-6-8-12-20)30-23-15-17-24(18-16-23)31-27(3,5-2)26(28)29/h4,6-19,25H,5H2,1-3H3,(H,28,29)/b10-4+. The van der Waals surface area contributed by atoms with Crippen LogP contribution in [-0.2, 0) is 4.79 Å². The van der Waals surface area contributed by atoms with Gasteiger partial charge < -0.3 is 14.6 Å². The highest BCUT2D eigenvalue weighted by Gasteiger charge is 2.33. The lowest BCUT2D eigenvalue weighted by Crippen LogP contribution is -2.40. The minimum absolute atomic E-state index is 0.250. The van der Waals surface area contributed by atoms with E-state index in [1.807, 2.05) is 49.4 Å². The zero-order valence-corrected chi connectivity index (χ0v) is 18.1. The fourth-order valence-corrected chi connectivity index (χ4v) is 3.18. The summed E-state index contributed by atoms with van der Waals surface area (Å²) in [5.41, 5.74) is 2.08. The highest BCUT2D eigenvalue weighted by atomic mass is 16.5. The van der Waals surface area contributed by atoms with Crippen molar-refractivity contribution in [1.29, 1.82) is 0 Å². The molecule has 0 radical (unpaired) electrons. The molecule has 160 valence electrons. The number of carbonyl (C=O) groups is 1. The molecule has 2 atom stereocenters. The van der Waals surface area contributed by atoms with Gasteiger partial charge in [0.2, 0.25) is 5.60 Å². The second-order valence-corrected chi connectivity index (χ2v) is 7.52. The maximum Gasteiger partial charge on any atom is 0.347 e. The SMILES string of the molecule is C/C=C/C(Oc1ccc(OC(C)(CC)C(=O)O)cc1)c1cccc(-c2ccccc2)c1. The van der Waals surface area contributed by atoms with Crippen LogP contribution in [-0.4, -0.2) is 16.7 Å². The number of hydrogen-bond donors (Lipinski definition) is 1. The van der Waals surface area contributed by atoms with Gasteiger partial charge in [-0.25, -0.2) is 4.79 Å². The first-order chi connectivity index (χ1) is 14.9. The van der Waals surface area contributed by atoms with Gasteiger partial charge >= 0.3 is 5.97 Å². The number of allylic oxidation sites excluding steroid dienone is 1. The quantitative estimate of drug-likeness (QED) is 0.395. The zero-order valence-electron chi connectivity index (χ0n) is 18.1. The second kappa shape index (κ2) is 9.98. The maximum absolute atomic E-state index is 11.5. The minimum Gasteiger partial charge on any atom is -0.482 e. The predicted octanol–water partition coefficient (Wildman–Crippen LogP) is 6.68. The van der Waals surface area contributed by atoms with E-state index in [2.05, 4.69) is 24.3 Å². The lowest BCUT2D eigenvalue weighted by atomic mass is 10.0. The van der Waals surface area contributed by atoms with Gasteiger partial charge in [-0.3, -0.25) is 0 Å². The molecule has 3 aromatic carbocycles. The van der Waals surface area contributed by atoms with Crippen molar-refractivity contribution in [3.8, 4) is 22.6 Å². The van der Waals surface area contributed by atoms with Crippen LogP contribution < -0.4 is 9.47 Å². The highest BCUT2D eigenvalue weighted by Crippen LogP contribution is 2.29. The summed E-state index contributed by atoms with van der Waals surface area (Å²) in [6.45, 7) is 5.32. The summed E-state index contributed by atoms with van der Waals surface area (Å²) >= 11 is 0. The van der Waals surface area contributed by atoms with E-state index in [-0.39, 0.29) is 6.10 Å². The smallest absolute Gasteiger partial charge is 0.347 e. The van der Waals surface area contributed by atoms with Crippen molar-refractivity contribution < 1.29 is 19.4 Å². The van der Waals surface area contributed by atoms with Crippen molar-refractivity contribution in [3.63, 3.8) is 0 Å². The van der Waals surface area contributed by atoms with E-state index in [9.17, 15) is 9.90 Å². The largest absolute Gasteiger partial charge is 0.482 e. The molecule has 0 saturated heterocycles. The molecule has 2 unspecified atom stereocenters. The van der Waals surface area contributed by atoms with Gasteiger partial charge in [0.15, 0.2) is 0 Å². The van der Waals surface area contributed by atoms with Gasteiger partial charge in [0.05, 0.1) is 0 Å². The average Bonchev–Trinajstić information content (AvgIpc) is 2.80. The summed E-state index contributed by atoms with van der Waals surface area (Å²) in [7, 11) is 0. The Morgan fingerprint density at radius 1 is 0.968 bits per heavy atom. The van der Waals surface area contributed by atoms with Gasteiger partial charge in [-0.2, -0.15) is 0 Å². The molecule has 0 aliphatic heterocycles. The van der Waals surface area contributed by atoms with Crippen LogP contribution in [0.5, 0.6) is 11.5 Å². The van der Waals surface area contributed by atoms with Crippen LogP contribution in [0, 0.1) is 0 Å². The summed E-state index contributed by atoms with van der Waals surface area (Å²) in [5.74, 6) is 0.184. The number of carboxylic acid groups (broad SMARTS) is 1. The van der Waals surface area contributed by atoms with E-state index in [4.69, 9.17) is 9.47 Å². The molecule has 4 heteroatoms. The number of ether oxygens (including phenoxy) is 2. The molecule has 0 heterocycles. The van der Waals surface area contributed by atoms with E-state index in [0.29, 0.717) is 17.9 Å². The lowest BCUT2D eigenvalue weighted by molar-refractivity contribution is -0.154. The first kappa shape index (κ1) is 22.2. The van der Waals surface area contributed by atoms with Crippen LogP contribution in [0.15, 0.2) is 91.0 Å². The van der Waals surface area contributed by atoms with Crippen LogP contribution in [0.25, 0.3) is 11.1 Å². The number of carboxylic acids is 1. The van der Waals surface area contributed by atoms with Gasteiger partial charge in [-0.1, -0.05) is 61.5 Å². The van der Waals surface area contributed by atoms with Gasteiger partial charge in [-0.05, 0) is 73.4 Å². The molecule has 0 aromatic heterocycles. The molecule has 0 saturated carbocycles. The van der Waals surface area contributed by atoms with Gasteiger partial charge in [0.25, 0.3) is 0 Å². The van der Waals surface area contributed by atoms with Crippen LogP contribution in [0.2, 0.25) is 0 Å². The van der Waals surface area contributed by atoms with Crippen LogP contribution in [0.4, 0.5) is 0 Å². The molecule has 1 N–H and O–H groups in total. The average molecular weight is 417 g/mol. The van der Waals surface area contributed by atoms with Crippen molar-refractivity contribution in [2.24, 2.45) is 0 Å². The van der Waals surface area contributed by atoms with E-state index < -0.39 is 11.6 Å². The molecule has 4 nitrogen and oxygen atoms in total. The molecule has 3 aromatic rings. The summed E-state index contributed by atoms with van der Waals surface area (Å²) < 4.78 is 11.9. The zero-order chi connectivity index (χ0) is 22.3. The first-order valence-electron chi connectivity index (χ1n) is 10.4. The summed E-state index contributed by atoms with van der Waals surface area (Å²) in [6.07, 6.45) is 4.09. The van der Waals surface area contributed by atoms with Crippen LogP contribution in [0.3, 0.4) is 0 Å². The highest BCUT2D eigenvalue weighted by molar-refractivity contribution is 5.77. The summed E-state index contributed by atoms with van der Waals surface area (Å²) in [6, 6.07) is 25.6.